The lowest BCUT2D eigenvalue weighted by atomic mass is 9.85. The highest BCUT2D eigenvalue weighted by Gasteiger charge is 2.45. The highest BCUT2D eigenvalue weighted by Crippen LogP contribution is 2.40. The second-order valence-corrected chi connectivity index (χ2v) is 13.3. The van der Waals surface area contributed by atoms with Gasteiger partial charge in [-0.05, 0) is 67.0 Å². The van der Waals surface area contributed by atoms with Gasteiger partial charge in [0.1, 0.15) is 11.6 Å². The highest BCUT2D eigenvalue weighted by molar-refractivity contribution is 5.93. The van der Waals surface area contributed by atoms with Crippen molar-refractivity contribution in [1.82, 2.24) is 19.9 Å². The summed E-state index contributed by atoms with van der Waals surface area (Å²) in [6.07, 6.45) is 7.68. The molecule has 7 rings (SSSR count). The average Bonchev–Trinajstić information content (AvgIpc) is 3.57. The van der Waals surface area contributed by atoms with E-state index < -0.39 is 0 Å². The molecule has 246 valence electrons. The number of amides is 2. The monoisotopic (exact) mass is 644 g/mol. The van der Waals surface area contributed by atoms with E-state index in [9.17, 15) is 14.9 Å². The molecule has 4 aromatic rings. The molecule has 11 heteroatoms. The standard InChI is InChI=1S/C37H40N8O3/c1-43-17-15-28(19-33(43)46)27-7-11-31(12-8-27)45(36(47)40-21-26-5-3-2-4-6-26)32-13-9-30(10-14-32)41-35-39-22-29(20-38)34(42-35)44-18-16-37(23-44)24-48-25-37/h2-8,11-12,15,17,19,22,30,32H,9-10,13-14,16,18,21,23-25H2,1H3,(H,40,47)(H,39,41,42). The number of nitrogens with one attached hydrogen (secondary N) is 2. The van der Waals surface area contributed by atoms with Crippen LogP contribution in [0.1, 0.15) is 43.2 Å². The van der Waals surface area contributed by atoms with Crippen LogP contribution in [0.25, 0.3) is 11.1 Å². The highest BCUT2D eigenvalue weighted by atomic mass is 16.5. The van der Waals surface area contributed by atoms with Crippen molar-refractivity contribution in [2.75, 3.05) is 41.4 Å². The van der Waals surface area contributed by atoms with Gasteiger partial charge in [-0.1, -0.05) is 42.5 Å². The molecule has 2 aliphatic heterocycles. The lowest BCUT2D eigenvalue weighted by molar-refractivity contribution is -0.0985. The summed E-state index contributed by atoms with van der Waals surface area (Å²) in [5.41, 5.74) is 4.20. The Kier molecular flexibility index (Phi) is 8.82. The Morgan fingerprint density at radius 2 is 1.83 bits per heavy atom. The van der Waals surface area contributed by atoms with E-state index in [0.29, 0.717) is 23.9 Å². The molecule has 0 bridgehead atoms. The Bertz CT molecular complexity index is 1860. The van der Waals surface area contributed by atoms with Crippen molar-refractivity contribution in [3.8, 4) is 17.2 Å². The van der Waals surface area contributed by atoms with Crippen molar-refractivity contribution in [3.63, 3.8) is 0 Å². The van der Waals surface area contributed by atoms with Gasteiger partial charge in [0, 0.05) is 62.1 Å². The predicted molar refractivity (Wildman–Crippen MR) is 185 cm³/mol. The Hall–Kier alpha value is -5.21. The molecule has 1 spiro atoms. The van der Waals surface area contributed by atoms with Crippen LogP contribution in [0.3, 0.4) is 0 Å². The number of nitriles is 1. The minimum absolute atomic E-state index is 0.00313. The minimum Gasteiger partial charge on any atom is -0.380 e. The van der Waals surface area contributed by atoms with Gasteiger partial charge in [-0.3, -0.25) is 9.69 Å². The number of hydrogen-bond donors (Lipinski definition) is 2. The van der Waals surface area contributed by atoms with Crippen LogP contribution in [0, 0.1) is 16.7 Å². The second kappa shape index (κ2) is 13.5. The number of pyridine rings is 1. The number of nitrogens with zero attached hydrogens (tertiary/aromatic N) is 6. The largest absolute Gasteiger partial charge is 0.380 e. The van der Waals surface area contributed by atoms with Gasteiger partial charge in [-0.25, -0.2) is 9.78 Å². The zero-order chi connectivity index (χ0) is 33.1. The molecule has 2 aromatic heterocycles. The molecule has 1 saturated carbocycles. The molecule has 4 heterocycles. The van der Waals surface area contributed by atoms with E-state index in [1.54, 1.807) is 30.1 Å². The fraction of sp³-hybridized carbons (Fsp3) is 0.378. The molecule has 2 amide bonds. The number of aromatic nitrogens is 3. The first-order chi connectivity index (χ1) is 23.4. The van der Waals surface area contributed by atoms with Crippen molar-refractivity contribution >= 4 is 23.5 Å². The summed E-state index contributed by atoms with van der Waals surface area (Å²) >= 11 is 0. The van der Waals surface area contributed by atoms with Gasteiger partial charge in [0.15, 0.2) is 5.82 Å². The number of anilines is 3. The van der Waals surface area contributed by atoms with Gasteiger partial charge in [-0.15, -0.1) is 0 Å². The van der Waals surface area contributed by atoms with Crippen LogP contribution >= 0.6 is 0 Å². The Morgan fingerprint density at radius 1 is 1.06 bits per heavy atom. The zero-order valence-electron chi connectivity index (χ0n) is 27.1. The van der Waals surface area contributed by atoms with E-state index in [0.717, 1.165) is 80.8 Å². The topological polar surface area (TPSA) is 128 Å². The maximum Gasteiger partial charge on any atom is 0.322 e. The number of carbonyl (C=O) groups excluding carboxylic acids is 1. The van der Waals surface area contributed by atoms with Crippen LogP contribution < -0.4 is 26.0 Å². The van der Waals surface area contributed by atoms with Gasteiger partial charge in [-0.2, -0.15) is 10.2 Å². The summed E-state index contributed by atoms with van der Waals surface area (Å²) in [7, 11) is 1.73. The normalized spacial score (nSPS) is 19.7. The summed E-state index contributed by atoms with van der Waals surface area (Å²) in [5.74, 6) is 1.22. The van der Waals surface area contributed by atoms with Gasteiger partial charge < -0.3 is 24.8 Å². The summed E-state index contributed by atoms with van der Waals surface area (Å²) in [6, 6.07) is 23.6. The lowest BCUT2D eigenvalue weighted by Gasteiger charge is -2.38. The van der Waals surface area contributed by atoms with Crippen molar-refractivity contribution < 1.29 is 9.53 Å². The van der Waals surface area contributed by atoms with Crippen molar-refractivity contribution in [2.45, 2.75) is 50.7 Å². The number of rotatable bonds is 8. The third-order valence-corrected chi connectivity index (χ3v) is 9.93. The molecule has 0 radical (unpaired) electrons. The average molecular weight is 645 g/mol. The second-order valence-electron chi connectivity index (χ2n) is 13.3. The SMILES string of the molecule is Cn1ccc(-c2ccc(N(C(=O)NCc3ccccc3)C3CCC(Nc4ncc(C#N)c(N5CCC6(COC6)C5)n4)CC3)cc2)cc1=O. The van der Waals surface area contributed by atoms with Crippen molar-refractivity contribution in [1.29, 1.82) is 5.26 Å². The smallest absolute Gasteiger partial charge is 0.322 e. The summed E-state index contributed by atoms with van der Waals surface area (Å²) < 4.78 is 7.03. The third-order valence-electron chi connectivity index (χ3n) is 9.93. The molecule has 2 saturated heterocycles. The van der Waals surface area contributed by atoms with Crippen LogP contribution in [0.5, 0.6) is 0 Å². The van der Waals surface area contributed by atoms with E-state index in [-0.39, 0.29) is 29.1 Å². The molecule has 0 unspecified atom stereocenters. The van der Waals surface area contributed by atoms with Crippen LogP contribution in [-0.4, -0.2) is 59.0 Å². The summed E-state index contributed by atoms with van der Waals surface area (Å²) in [6.45, 7) is 3.67. The van der Waals surface area contributed by atoms with Gasteiger partial charge in [0.2, 0.25) is 5.95 Å². The molecular formula is C37H40N8O3. The molecule has 2 N–H and O–H groups in total. The molecular weight excluding hydrogens is 604 g/mol. The quantitative estimate of drug-likeness (QED) is 0.272. The van der Waals surface area contributed by atoms with Crippen molar-refractivity contribution in [3.05, 3.63) is 101 Å². The molecule has 3 fully saturated rings. The van der Waals surface area contributed by atoms with Crippen LogP contribution in [0.15, 0.2) is 83.9 Å². The first-order valence-corrected chi connectivity index (χ1v) is 16.6. The van der Waals surface area contributed by atoms with Gasteiger partial charge in [0.05, 0.1) is 19.4 Å². The molecule has 3 aliphatic rings. The van der Waals surface area contributed by atoms with Gasteiger partial charge in [0.25, 0.3) is 5.56 Å². The van der Waals surface area contributed by atoms with E-state index in [2.05, 4.69) is 26.6 Å². The fourth-order valence-electron chi connectivity index (χ4n) is 7.06. The Labute approximate surface area is 280 Å². The molecule has 0 atom stereocenters. The summed E-state index contributed by atoms with van der Waals surface area (Å²) in [4.78, 5) is 39.4. The zero-order valence-corrected chi connectivity index (χ0v) is 27.1. The van der Waals surface area contributed by atoms with E-state index in [4.69, 9.17) is 9.72 Å². The van der Waals surface area contributed by atoms with Crippen LogP contribution in [0.2, 0.25) is 0 Å². The summed E-state index contributed by atoms with van der Waals surface area (Å²) in [5, 5.41) is 16.4. The third kappa shape index (κ3) is 6.62. The first-order valence-electron chi connectivity index (χ1n) is 16.6. The molecule has 11 nitrogen and oxygen atoms in total. The van der Waals surface area contributed by atoms with E-state index >= 15 is 0 Å². The maximum absolute atomic E-state index is 13.8. The number of benzene rings is 2. The van der Waals surface area contributed by atoms with E-state index in [1.165, 1.54) is 0 Å². The molecule has 1 aliphatic carbocycles. The number of ether oxygens (including phenoxy) is 1. The lowest BCUT2D eigenvalue weighted by Crippen LogP contribution is -2.48. The van der Waals surface area contributed by atoms with Crippen LogP contribution in [0.4, 0.5) is 22.2 Å². The van der Waals surface area contributed by atoms with Crippen molar-refractivity contribution in [2.24, 2.45) is 12.5 Å². The number of hydrogen-bond acceptors (Lipinski definition) is 8. The Balaban J connectivity index is 1.05. The predicted octanol–water partition coefficient (Wildman–Crippen LogP) is 5.08. The van der Waals surface area contributed by atoms with Gasteiger partial charge >= 0.3 is 6.03 Å². The number of urea groups is 1. The number of carbonyl (C=O) groups is 1. The molecule has 2 aromatic carbocycles. The molecule has 48 heavy (non-hydrogen) atoms. The van der Waals surface area contributed by atoms with Crippen LogP contribution in [-0.2, 0) is 18.3 Å². The maximum atomic E-state index is 13.8. The Morgan fingerprint density at radius 3 is 2.50 bits per heavy atom. The number of aryl methyl sites for hydroxylation is 1. The first kappa shape index (κ1) is 31.4. The fourth-order valence-corrected chi connectivity index (χ4v) is 7.06. The van der Waals surface area contributed by atoms with E-state index in [1.807, 2.05) is 65.6 Å². The minimum atomic E-state index is -0.142.